The summed E-state index contributed by atoms with van der Waals surface area (Å²) in [6.07, 6.45) is 1.40. The Kier molecular flexibility index (Phi) is 7.62. The van der Waals surface area contributed by atoms with Gasteiger partial charge in [-0.05, 0) is 19.8 Å². The van der Waals surface area contributed by atoms with Crippen LogP contribution in [0.25, 0.3) is 0 Å². The minimum absolute atomic E-state index is 0.0925. The van der Waals surface area contributed by atoms with E-state index in [1.165, 1.54) is 7.11 Å². The van der Waals surface area contributed by atoms with Gasteiger partial charge in [-0.3, -0.25) is 4.79 Å². The molecule has 2 N–H and O–H groups in total. The number of rotatable bonds is 9. The van der Waals surface area contributed by atoms with Gasteiger partial charge in [-0.15, -0.1) is 0 Å². The Balaban J connectivity index is 4.27. The summed E-state index contributed by atoms with van der Waals surface area (Å²) < 4.78 is 26.9. The van der Waals surface area contributed by atoms with E-state index in [1.54, 1.807) is 6.92 Å². The molecular weight excluding hydrogens is 274 g/mol. The fourth-order valence-electron chi connectivity index (χ4n) is 1.31. The average Bonchev–Trinajstić information content (AvgIpc) is 2.29. The zero-order valence-electron chi connectivity index (χ0n) is 11.4. The molecule has 19 heavy (non-hydrogen) atoms. The zero-order chi connectivity index (χ0) is 15.1. The summed E-state index contributed by atoms with van der Waals surface area (Å²) in [5.41, 5.74) is 0. The van der Waals surface area contributed by atoms with E-state index in [1.807, 2.05) is 0 Å². The number of carbonyl (C=O) groups is 2. The van der Waals surface area contributed by atoms with Crippen LogP contribution in [0, 0.1) is 0 Å². The van der Waals surface area contributed by atoms with Crippen LogP contribution in [0.5, 0.6) is 0 Å². The highest BCUT2D eigenvalue weighted by Crippen LogP contribution is 2.02. The topological polar surface area (TPSA) is 110 Å². The predicted octanol–water partition coefficient (Wildman–Crippen LogP) is -0.194. The second-order valence-electron chi connectivity index (χ2n) is 4.46. The third-order valence-corrected chi connectivity index (χ3v) is 3.57. The van der Waals surface area contributed by atoms with Crippen molar-refractivity contribution in [3.05, 3.63) is 0 Å². The molecule has 1 amide bonds. The zero-order valence-corrected chi connectivity index (χ0v) is 12.2. The number of carbonyl (C=O) groups excluding carboxylic acids is 1. The van der Waals surface area contributed by atoms with Crippen molar-refractivity contribution in [1.29, 1.82) is 0 Å². The van der Waals surface area contributed by atoms with Crippen LogP contribution >= 0.6 is 0 Å². The molecule has 0 aliphatic heterocycles. The van der Waals surface area contributed by atoms with Crippen LogP contribution in [0.3, 0.4) is 0 Å². The predicted molar refractivity (Wildman–Crippen MR) is 69.6 cm³/mol. The maximum Gasteiger partial charge on any atom is 0.326 e. The lowest BCUT2D eigenvalue weighted by Gasteiger charge is -2.15. The molecule has 0 fully saturated rings. The Morgan fingerprint density at radius 3 is 2.32 bits per heavy atom. The molecule has 7 nitrogen and oxygen atoms in total. The lowest BCUT2D eigenvalue weighted by Crippen LogP contribution is -2.42. The molecule has 2 unspecified atom stereocenters. The SMILES string of the molecule is COC(C)CCC(=O)NC(CCS(C)(=O)=O)C(=O)O. The molecule has 112 valence electrons. The van der Waals surface area contributed by atoms with E-state index in [0.717, 1.165) is 6.26 Å². The molecular formula is C11H21NO6S. The molecule has 2 atom stereocenters. The van der Waals surface area contributed by atoms with Gasteiger partial charge in [0.15, 0.2) is 0 Å². The van der Waals surface area contributed by atoms with Crippen LogP contribution in [0.1, 0.15) is 26.2 Å². The first-order chi connectivity index (χ1) is 8.65. The van der Waals surface area contributed by atoms with Crippen molar-refractivity contribution < 1.29 is 27.9 Å². The Bertz CT molecular complexity index is 405. The van der Waals surface area contributed by atoms with Crippen molar-refractivity contribution >= 4 is 21.7 Å². The third kappa shape index (κ3) is 9.43. The van der Waals surface area contributed by atoms with Gasteiger partial charge in [0, 0.05) is 19.8 Å². The number of aliphatic carboxylic acids is 1. The molecule has 0 heterocycles. The van der Waals surface area contributed by atoms with Gasteiger partial charge in [-0.1, -0.05) is 0 Å². The number of carboxylic acids is 1. The van der Waals surface area contributed by atoms with E-state index < -0.39 is 27.8 Å². The molecule has 0 bridgehead atoms. The molecule has 0 aromatic rings. The van der Waals surface area contributed by atoms with E-state index in [2.05, 4.69) is 5.32 Å². The molecule has 0 saturated carbocycles. The fourth-order valence-corrected chi connectivity index (χ4v) is 1.97. The molecule has 0 spiro atoms. The van der Waals surface area contributed by atoms with Gasteiger partial charge >= 0.3 is 5.97 Å². The monoisotopic (exact) mass is 295 g/mol. The standard InChI is InChI=1S/C11H21NO6S/c1-8(18-2)4-5-10(13)12-9(11(14)15)6-7-19(3,16)17/h8-9H,4-7H2,1-3H3,(H,12,13)(H,14,15). The molecule has 0 aromatic heterocycles. The number of hydrogen-bond donors (Lipinski definition) is 2. The lowest BCUT2D eigenvalue weighted by molar-refractivity contribution is -0.141. The maximum absolute atomic E-state index is 11.5. The van der Waals surface area contributed by atoms with Crippen molar-refractivity contribution in [2.24, 2.45) is 0 Å². The van der Waals surface area contributed by atoms with E-state index in [-0.39, 0.29) is 24.7 Å². The fraction of sp³-hybridized carbons (Fsp3) is 0.818. The van der Waals surface area contributed by atoms with Crippen molar-refractivity contribution in [2.75, 3.05) is 19.1 Å². The van der Waals surface area contributed by atoms with Crippen molar-refractivity contribution in [3.8, 4) is 0 Å². The molecule has 0 rings (SSSR count). The lowest BCUT2D eigenvalue weighted by atomic mass is 10.2. The smallest absolute Gasteiger partial charge is 0.326 e. The van der Waals surface area contributed by atoms with Crippen LogP contribution in [0.4, 0.5) is 0 Å². The van der Waals surface area contributed by atoms with Crippen molar-refractivity contribution in [1.82, 2.24) is 5.32 Å². The quantitative estimate of drug-likeness (QED) is 0.610. The number of methoxy groups -OCH3 is 1. The summed E-state index contributed by atoms with van der Waals surface area (Å²) in [6, 6.07) is -1.18. The highest BCUT2D eigenvalue weighted by atomic mass is 32.2. The Morgan fingerprint density at radius 1 is 1.32 bits per heavy atom. The number of sulfone groups is 1. The third-order valence-electron chi connectivity index (χ3n) is 2.59. The minimum Gasteiger partial charge on any atom is -0.480 e. The van der Waals surface area contributed by atoms with Gasteiger partial charge in [-0.25, -0.2) is 13.2 Å². The van der Waals surface area contributed by atoms with Crippen LogP contribution in [0.15, 0.2) is 0 Å². The van der Waals surface area contributed by atoms with Crippen LogP contribution in [0.2, 0.25) is 0 Å². The van der Waals surface area contributed by atoms with Crippen molar-refractivity contribution in [2.45, 2.75) is 38.3 Å². The minimum atomic E-state index is -3.25. The van der Waals surface area contributed by atoms with Gasteiger partial charge < -0.3 is 15.2 Å². The summed E-state index contributed by atoms with van der Waals surface area (Å²) in [6.45, 7) is 1.80. The Hall–Kier alpha value is -1.15. The maximum atomic E-state index is 11.5. The van der Waals surface area contributed by atoms with E-state index in [4.69, 9.17) is 9.84 Å². The summed E-state index contributed by atoms with van der Waals surface area (Å²) in [4.78, 5) is 22.4. The van der Waals surface area contributed by atoms with Gasteiger partial charge in [0.25, 0.3) is 0 Å². The van der Waals surface area contributed by atoms with Gasteiger partial charge in [-0.2, -0.15) is 0 Å². The largest absolute Gasteiger partial charge is 0.480 e. The first kappa shape index (κ1) is 17.8. The molecule has 0 radical (unpaired) electrons. The molecule has 8 heteroatoms. The normalized spacial score (nSPS) is 14.7. The second kappa shape index (κ2) is 8.11. The number of carboxylic acid groups (broad SMARTS) is 1. The van der Waals surface area contributed by atoms with Gasteiger partial charge in [0.05, 0.1) is 11.9 Å². The number of hydrogen-bond acceptors (Lipinski definition) is 5. The molecule has 0 aliphatic rings. The molecule has 0 aliphatic carbocycles. The Morgan fingerprint density at radius 2 is 1.89 bits per heavy atom. The first-order valence-electron chi connectivity index (χ1n) is 5.88. The highest BCUT2D eigenvalue weighted by molar-refractivity contribution is 7.90. The summed E-state index contributed by atoms with van der Waals surface area (Å²) in [5.74, 6) is -1.94. The van der Waals surface area contributed by atoms with Gasteiger partial charge in [0.2, 0.25) is 5.91 Å². The van der Waals surface area contributed by atoms with Crippen LogP contribution in [-0.2, 0) is 24.2 Å². The number of amides is 1. The van der Waals surface area contributed by atoms with Gasteiger partial charge in [0.1, 0.15) is 15.9 Å². The number of ether oxygens (including phenoxy) is 1. The molecule has 0 saturated heterocycles. The molecule has 0 aromatic carbocycles. The summed E-state index contributed by atoms with van der Waals surface area (Å²) in [7, 11) is -1.73. The summed E-state index contributed by atoms with van der Waals surface area (Å²) >= 11 is 0. The van der Waals surface area contributed by atoms with E-state index in [0.29, 0.717) is 6.42 Å². The summed E-state index contributed by atoms with van der Waals surface area (Å²) in [5, 5.41) is 11.2. The highest BCUT2D eigenvalue weighted by Gasteiger charge is 2.21. The first-order valence-corrected chi connectivity index (χ1v) is 7.94. The second-order valence-corrected chi connectivity index (χ2v) is 6.72. The van der Waals surface area contributed by atoms with Crippen LogP contribution < -0.4 is 5.32 Å². The Labute approximate surface area is 113 Å². The average molecular weight is 295 g/mol. The van der Waals surface area contributed by atoms with Crippen molar-refractivity contribution in [3.63, 3.8) is 0 Å². The van der Waals surface area contributed by atoms with E-state index in [9.17, 15) is 18.0 Å². The van der Waals surface area contributed by atoms with Crippen LogP contribution in [-0.4, -0.2) is 56.7 Å². The van der Waals surface area contributed by atoms with E-state index >= 15 is 0 Å². The number of nitrogens with one attached hydrogen (secondary N) is 1.